The van der Waals surface area contributed by atoms with Crippen LogP contribution < -0.4 is 5.56 Å². The van der Waals surface area contributed by atoms with Crippen molar-refractivity contribution in [3.05, 3.63) is 63.8 Å². The normalized spacial score (nSPS) is 9.88. The van der Waals surface area contributed by atoms with E-state index in [1.165, 1.54) is 41.2 Å². The minimum Gasteiger partial charge on any atom is -0.268 e. The molecule has 0 atom stereocenters. The van der Waals surface area contributed by atoms with Crippen molar-refractivity contribution >= 4 is 0 Å². The number of hydrogen-bond acceptors (Lipinski definition) is 3. The van der Waals surface area contributed by atoms with Crippen molar-refractivity contribution in [3.63, 3.8) is 0 Å². The Labute approximate surface area is 96.6 Å². The smallest absolute Gasteiger partial charge is 0.267 e. The lowest BCUT2D eigenvalue weighted by atomic mass is 10.1. The van der Waals surface area contributed by atoms with E-state index in [4.69, 9.17) is 5.26 Å². The van der Waals surface area contributed by atoms with Crippen LogP contribution in [0.2, 0.25) is 0 Å². The number of benzene rings is 1. The average Bonchev–Trinajstić information content (AvgIpc) is 2.32. The molecule has 0 aliphatic carbocycles. The third kappa shape index (κ3) is 2.37. The highest BCUT2D eigenvalue weighted by Gasteiger charge is 2.05. The predicted molar refractivity (Wildman–Crippen MR) is 58.7 cm³/mol. The second-order valence-corrected chi connectivity index (χ2v) is 3.43. The van der Waals surface area contributed by atoms with Gasteiger partial charge in [0.2, 0.25) is 0 Å². The Kier molecular flexibility index (Phi) is 2.97. The second kappa shape index (κ2) is 4.58. The summed E-state index contributed by atoms with van der Waals surface area (Å²) in [6.45, 7) is 0.0837. The minimum absolute atomic E-state index is 0.0837. The zero-order valence-electron chi connectivity index (χ0n) is 8.80. The summed E-state index contributed by atoms with van der Waals surface area (Å²) in [6, 6.07) is 8.67. The van der Waals surface area contributed by atoms with Gasteiger partial charge in [-0.25, -0.2) is 9.07 Å². The van der Waals surface area contributed by atoms with Gasteiger partial charge in [0.15, 0.2) is 0 Å². The third-order valence-corrected chi connectivity index (χ3v) is 2.29. The molecule has 0 saturated heterocycles. The van der Waals surface area contributed by atoms with Crippen LogP contribution in [-0.4, -0.2) is 9.78 Å². The lowest BCUT2D eigenvalue weighted by molar-refractivity contribution is 0.609. The van der Waals surface area contributed by atoms with Gasteiger partial charge in [-0.1, -0.05) is 0 Å². The summed E-state index contributed by atoms with van der Waals surface area (Å²) in [6.07, 6.45) is 1.47. The first-order valence-electron chi connectivity index (χ1n) is 4.91. The standard InChI is InChI=1S/C12H8FN3O/c13-11-4-3-9(7-14)10(6-11)8-16-12(17)2-1-5-15-16/h1-6H,8H2. The highest BCUT2D eigenvalue weighted by molar-refractivity contribution is 5.37. The fraction of sp³-hybridized carbons (Fsp3) is 0.0833. The van der Waals surface area contributed by atoms with Crippen molar-refractivity contribution in [2.24, 2.45) is 0 Å². The highest BCUT2D eigenvalue weighted by Crippen LogP contribution is 2.10. The Morgan fingerprint density at radius 2 is 2.24 bits per heavy atom. The number of nitrogens with zero attached hydrogens (tertiary/aromatic N) is 3. The van der Waals surface area contributed by atoms with Crippen molar-refractivity contribution in [1.82, 2.24) is 9.78 Å². The van der Waals surface area contributed by atoms with E-state index >= 15 is 0 Å². The van der Waals surface area contributed by atoms with Gasteiger partial charge in [0.05, 0.1) is 18.2 Å². The molecule has 0 amide bonds. The lowest BCUT2D eigenvalue weighted by Gasteiger charge is -2.05. The summed E-state index contributed by atoms with van der Waals surface area (Å²) in [4.78, 5) is 11.4. The molecular formula is C12H8FN3O. The van der Waals surface area contributed by atoms with Gasteiger partial charge in [-0.2, -0.15) is 10.4 Å². The summed E-state index contributed by atoms with van der Waals surface area (Å²) in [5, 5.41) is 12.7. The Morgan fingerprint density at radius 3 is 2.94 bits per heavy atom. The van der Waals surface area contributed by atoms with E-state index in [0.717, 1.165) is 0 Å². The van der Waals surface area contributed by atoms with Gasteiger partial charge in [0, 0.05) is 12.3 Å². The summed E-state index contributed by atoms with van der Waals surface area (Å²) < 4.78 is 14.2. The number of halogens is 1. The van der Waals surface area contributed by atoms with Crippen molar-refractivity contribution in [2.75, 3.05) is 0 Å². The third-order valence-electron chi connectivity index (χ3n) is 2.29. The molecular weight excluding hydrogens is 221 g/mol. The van der Waals surface area contributed by atoms with Crippen LogP contribution in [-0.2, 0) is 6.54 Å². The number of aromatic nitrogens is 2. The van der Waals surface area contributed by atoms with Crippen LogP contribution >= 0.6 is 0 Å². The molecule has 0 fully saturated rings. The average molecular weight is 229 g/mol. The van der Waals surface area contributed by atoms with Crippen LogP contribution in [0, 0.1) is 17.1 Å². The number of rotatable bonds is 2. The minimum atomic E-state index is -0.442. The highest BCUT2D eigenvalue weighted by atomic mass is 19.1. The fourth-order valence-corrected chi connectivity index (χ4v) is 1.47. The van der Waals surface area contributed by atoms with Gasteiger partial charge in [-0.15, -0.1) is 0 Å². The molecule has 0 saturated carbocycles. The predicted octanol–water partition coefficient (Wildman–Crippen LogP) is 1.30. The van der Waals surface area contributed by atoms with Crippen LogP contribution in [0.1, 0.15) is 11.1 Å². The monoisotopic (exact) mass is 229 g/mol. The number of nitriles is 1. The Morgan fingerprint density at radius 1 is 1.41 bits per heavy atom. The first-order chi connectivity index (χ1) is 8.20. The van der Waals surface area contributed by atoms with Gasteiger partial charge >= 0.3 is 0 Å². The maximum Gasteiger partial charge on any atom is 0.267 e. The van der Waals surface area contributed by atoms with Gasteiger partial charge in [0.25, 0.3) is 5.56 Å². The molecule has 5 heteroatoms. The Balaban J connectivity index is 2.43. The van der Waals surface area contributed by atoms with Gasteiger partial charge < -0.3 is 0 Å². The van der Waals surface area contributed by atoms with Gasteiger partial charge in [-0.05, 0) is 29.8 Å². The molecule has 1 heterocycles. The van der Waals surface area contributed by atoms with Crippen LogP contribution in [0.15, 0.2) is 41.3 Å². The maximum absolute atomic E-state index is 13.1. The Hall–Kier alpha value is -2.48. The molecule has 0 N–H and O–H groups in total. The molecule has 0 bridgehead atoms. The summed E-state index contributed by atoms with van der Waals surface area (Å²) >= 11 is 0. The van der Waals surface area contributed by atoms with E-state index in [1.54, 1.807) is 0 Å². The van der Waals surface area contributed by atoms with Gasteiger partial charge in [-0.3, -0.25) is 4.79 Å². The van der Waals surface area contributed by atoms with E-state index in [1.807, 2.05) is 6.07 Å². The summed E-state index contributed by atoms with van der Waals surface area (Å²) in [5.74, 6) is -0.442. The molecule has 0 spiro atoms. The van der Waals surface area contributed by atoms with Crippen molar-refractivity contribution in [1.29, 1.82) is 5.26 Å². The van der Waals surface area contributed by atoms with Gasteiger partial charge in [0.1, 0.15) is 5.82 Å². The van der Waals surface area contributed by atoms with Crippen molar-refractivity contribution in [3.8, 4) is 6.07 Å². The topological polar surface area (TPSA) is 58.7 Å². The fourth-order valence-electron chi connectivity index (χ4n) is 1.47. The van der Waals surface area contributed by atoms with Crippen LogP contribution in [0.4, 0.5) is 4.39 Å². The molecule has 2 rings (SSSR count). The molecule has 84 valence electrons. The van der Waals surface area contributed by atoms with E-state index in [2.05, 4.69) is 5.10 Å². The molecule has 0 radical (unpaired) electrons. The van der Waals surface area contributed by atoms with E-state index in [0.29, 0.717) is 11.1 Å². The number of hydrogen-bond donors (Lipinski definition) is 0. The lowest BCUT2D eigenvalue weighted by Crippen LogP contribution is -2.22. The maximum atomic E-state index is 13.1. The first-order valence-corrected chi connectivity index (χ1v) is 4.91. The molecule has 17 heavy (non-hydrogen) atoms. The SMILES string of the molecule is N#Cc1ccc(F)cc1Cn1ncccc1=O. The quantitative estimate of drug-likeness (QED) is 0.779. The molecule has 2 aromatic rings. The Bertz CT molecular complexity index is 643. The summed E-state index contributed by atoms with van der Waals surface area (Å²) in [7, 11) is 0. The molecule has 0 aliphatic heterocycles. The van der Waals surface area contributed by atoms with Crippen molar-refractivity contribution < 1.29 is 4.39 Å². The molecule has 1 aromatic carbocycles. The van der Waals surface area contributed by atoms with Crippen molar-refractivity contribution in [2.45, 2.75) is 6.54 Å². The van der Waals surface area contributed by atoms with Crippen LogP contribution in [0.25, 0.3) is 0 Å². The second-order valence-electron chi connectivity index (χ2n) is 3.43. The van der Waals surface area contributed by atoms with Crippen LogP contribution in [0.3, 0.4) is 0 Å². The van der Waals surface area contributed by atoms with Crippen LogP contribution in [0.5, 0.6) is 0 Å². The molecule has 0 aliphatic rings. The molecule has 1 aromatic heterocycles. The van der Waals surface area contributed by atoms with E-state index in [-0.39, 0.29) is 12.1 Å². The first kappa shape index (κ1) is 11.0. The largest absolute Gasteiger partial charge is 0.268 e. The summed E-state index contributed by atoms with van der Waals surface area (Å²) in [5.41, 5.74) is 0.484. The van der Waals surface area contributed by atoms with E-state index in [9.17, 15) is 9.18 Å². The zero-order chi connectivity index (χ0) is 12.3. The zero-order valence-corrected chi connectivity index (χ0v) is 8.80. The van der Waals surface area contributed by atoms with E-state index < -0.39 is 5.82 Å². The molecule has 4 nitrogen and oxygen atoms in total. The molecule has 0 unspecified atom stereocenters.